The van der Waals surface area contributed by atoms with Gasteiger partial charge in [-0.25, -0.2) is 0 Å². The fraction of sp³-hybridized carbons (Fsp3) is 0.182. The summed E-state index contributed by atoms with van der Waals surface area (Å²) in [7, 11) is 0. The van der Waals surface area contributed by atoms with Crippen molar-refractivity contribution in [3.05, 3.63) is 93.0 Å². The van der Waals surface area contributed by atoms with Crippen LogP contribution in [0, 0.1) is 11.3 Å². The second-order valence-electron chi connectivity index (χ2n) is 6.76. The highest BCUT2D eigenvalue weighted by molar-refractivity contribution is 9.10. The van der Waals surface area contributed by atoms with Gasteiger partial charge in [0.1, 0.15) is 17.4 Å². The highest BCUT2D eigenvalue weighted by atomic mass is 79.9. The van der Waals surface area contributed by atoms with Crippen molar-refractivity contribution < 1.29 is 9.53 Å². The first-order chi connectivity index (χ1) is 13.1. The molecule has 0 spiro atoms. The van der Waals surface area contributed by atoms with Gasteiger partial charge in [0.15, 0.2) is 5.78 Å². The summed E-state index contributed by atoms with van der Waals surface area (Å²) in [5.74, 6) is 0.247. The molecular weight excluding hydrogens is 404 g/mol. The van der Waals surface area contributed by atoms with Crippen LogP contribution < -0.4 is 5.73 Å². The van der Waals surface area contributed by atoms with E-state index in [0.29, 0.717) is 29.7 Å². The monoisotopic (exact) mass is 420 g/mol. The van der Waals surface area contributed by atoms with Crippen molar-refractivity contribution in [3.63, 3.8) is 0 Å². The van der Waals surface area contributed by atoms with Crippen LogP contribution in [0.4, 0.5) is 0 Å². The van der Waals surface area contributed by atoms with Crippen molar-refractivity contribution in [3.8, 4) is 6.07 Å². The lowest BCUT2D eigenvalue weighted by molar-refractivity contribution is -0.117. The predicted octanol–water partition coefficient (Wildman–Crippen LogP) is 4.66. The minimum Gasteiger partial charge on any atom is -0.444 e. The van der Waals surface area contributed by atoms with Gasteiger partial charge in [-0.15, -0.1) is 0 Å². The van der Waals surface area contributed by atoms with Crippen LogP contribution in [0.15, 0.2) is 81.9 Å². The van der Waals surface area contributed by atoms with Gasteiger partial charge < -0.3 is 10.5 Å². The minimum atomic E-state index is -0.486. The summed E-state index contributed by atoms with van der Waals surface area (Å²) in [4.78, 5) is 13.1. The number of ketones is 1. The van der Waals surface area contributed by atoms with E-state index in [-0.39, 0.29) is 17.6 Å². The zero-order chi connectivity index (χ0) is 19.0. The third-order valence-electron chi connectivity index (χ3n) is 5.11. The van der Waals surface area contributed by atoms with Gasteiger partial charge in [-0.3, -0.25) is 4.79 Å². The lowest BCUT2D eigenvalue weighted by atomic mass is 9.73. The number of carbonyl (C=O) groups is 1. The average molecular weight is 421 g/mol. The van der Waals surface area contributed by atoms with Gasteiger partial charge in [0.25, 0.3) is 0 Å². The molecule has 1 aliphatic heterocycles. The summed E-state index contributed by atoms with van der Waals surface area (Å²) in [6.45, 7) is 0. The number of allylic oxidation sites excluding steroid dienone is 3. The van der Waals surface area contributed by atoms with Crippen molar-refractivity contribution in [1.82, 2.24) is 0 Å². The average Bonchev–Trinajstić information content (AvgIpc) is 2.67. The Morgan fingerprint density at radius 3 is 2.52 bits per heavy atom. The van der Waals surface area contributed by atoms with Crippen LogP contribution in [0.2, 0.25) is 0 Å². The Bertz CT molecular complexity index is 1020. The molecule has 4 rings (SSSR count). The lowest BCUT2D eigenvalue weighted by Gasteiger charge is -2.34. The van der Waals surface area contributed by atoms with E-state index in [4.69, 9.17) is 10.5 Å². The van der Waals surface area contributed by atoms with E-state index < -0.39 is 5.92 Å². The smallest absolute Gasteiger partial charge is 0.205 e. The standard InChI is InChI=1S/C22H17BrN2O2/c23-16-8-4-7-14(9-16)20-17(12-24)22(25)27-19-11-15(10-18(26)21(19)20)13-5-2-1-3-6-13/h1-9,15,20H,10-11,25H2. The SMILES string of the molecule is N#CC1=C(N)OC2=C(C(=O)CC(c3ccccc3)C2)C1c1cccc(Br)c1. The third kappa shape index (κ3) is 3.17. The maximum absolute atomic E-state index is 13.1. The van der Waals surface area contributed by atoms with Gasteiger partial charge in [-0.1, -0.05) is 58.4 Å². The van der Waals surface area contributed by atoms with Crippen LogP contribution in [0.1, 0.15) is 35.8 Å². The maximum atomic E-state index is 13.1. The molecule has 5 heteroatoms. The molecule has 1 heterocycles. The number of nitrogens with two attached hydrogens (primary N) is 1. The van der Waals surface area contributed by atoms with Crippen LogP contribution in [0.25, 0.3) is 0 Å². The number of nitriles is 1. The Labute approximate surface area is 166 Å². The molecular formula is C22H17BrN2O2. The van der Waals surface area contributed by atoms with Crippen molar-refractivity contribution >= 4 is 21.7 Å². The molecule has 2 aromatic carbocycles. The van der Waals surface area contributed by atoms with Crippen molar-refractivity contribution in [2.45, 2.75) is 24.7 Å². The van der Waals surface area contributed by atoms with Gasteiger partial charge >= 0.3 is 0 Å². The van der Waals surface area contributed by atoms with Crippen LogP contribution in [-0.2, 0) is 9.53 Å². The normalized spacial score (nSPS) is 22.1. The third-order valence-corrected chi connectivity index (χ3v) is 5.61. The second-order valence-corrected chi connectivity index (χ2v) is 7.67. The van der Waals surface area contributed by atoms with Crippen molar-refractivity contribution in [2.75, 3.05) is 0 Å². The zero-order valence-corrected chi connectivity index (χ0v) is 16.1. The molecule has 0 saturated heterocycles. The Morgan fingerprint density at radius 1 is 1.07 bits per heavy atom. The number of carbonyl (C=O) groups excluding carboxylic acids is 1. The number of hydrogen-bond donors (Lipinski definition) is 1. The molecule has 0 fully saturated rings. The van der Waals surface area contributed by atoms with E-state index in [2.05, 4.69) is 22.0 Å². The number of benzene rings is 2. The topological polar surface area (TPSA) is 76.1 Å². The molecule has 0 amide bonds. The van der Waals surface area contributed by atoms with Gasteiger partial charge in [0, 0.05) is 22.9 Å². The largest absolute Gasteiger partial charge is 0.444 e. The van der Waals surface area contributed by atoms with E-state index >= 15 is 0 Å². The quantitative estimate of drug-likeness (QED) is 0.766. The second kappa shape index (κ2) is 7.05. The van der Waals surface area contributed by atoms with Crippen LogP contribution >= 0.6 is 15.9 Å². The molecule has 0 saturated carbocycles. The molecule has 4 nitrogen and oxygen atoms in total. The number of rotatable bonds is 2. The Morgan fingerprint density at radius 2 is 1.81 bits per heavy atom. The number of hydrogen-bond acceptors (Lipinski definition) is 4. The predicted molar refractivity (Wildman–Crippen MR) is 105 cm³/mol. The fourth-order valence-electron chi connectivity index (χ4n) is 3.89. The number of Topliss-reactive ketones (excluding diaryl/α,β-unsaturated/α-hetero) is 1. The molecule has 0 aromatic heterocycles. The van der Waals surface area contributed by atoms with Crippen molar-refractivity contribution in [1.29, 1.82) is 5.26 Å². The highest BCUT2D eigenvalue weighted by Crippen LogP contribution is 2.46. The molecule has 2 atom stereocenters. The molecule has 1 aliphatic carbocycles. The van der Waals surface area contributed by atoms with Gasteiger partial charge in [-0.2, -0.15) is 5.26 Å². The van der Waals surface area contributed by atoms with Gasteiger partial charge in [0.05, 0.1) is 5.92 Å². The molecule has 2 aromatic rings. The summed E-state index contributed by atoms with van der Waals surface area (Å²) in [5.41, 5.74) is 8.88. The first-order valence-electron chi connectivity index (χ1n) is 8.72. The fourth-order valence-corrected chi connectivity index (χ4v) is 4.31. The lowest BCUT2D eigenvalue weighted by Crippen LogP contribution is -2.29. The number of ether oxygens (including phenoxy) is 1. The summed E-state index contributed by atoms with van der Waals surface area (Å²) >= 11 is 3.47. The molecule has 134 valence electrons. The molecule has 2 aliphatic rings. The molecule has 0 radical (unpaired) electrons. The molecule has 2 N–H and O–H groups in total. The summed E-state index contributed by atoms with van der Waals surface area (Å²) < 4.78 is 6.66. The van der Waals surface area contributed by atoms with E-state index in [1.807, 2.05) is 54.6 Å². The first kappa shape index (κ1) is 17.6. The first-order valence-corrected chi connectivity index (χ1v) is 9.52. The summed E-state index contributed by atoms with van der Waals surface area (Å²) in [6, 6.07) is 19.7. The highest BCUT2D eigenvalue weighted by Gasteiger charge is 2.40. The Hall–Kier alpha value is -2.84. The minimum absolute atomic E-state index is 0.00956. The van der Waals surface area contributed by atoms with E-state index in [9.17, 15) is 10.1 Å². The van der Waals surface area contributed by atoms with Crippen LogP contribution in [-0.4, -0.2) is 5.78 Å². The molecule has 2 unspecified atom stereocenters. The van der Waals surface area contributed by atoms with Crippen LogP contribution in [0.3, 0.4) is 0 Å². The number of nitrogens with zero attached hydrogens (tertiary/aromatic N) is 1. The van der Waals surface area contributed by atoms with E-state index in [1.54, 1.807) is 0 Å². The van der Waals surface area contributed by atoms with E-state index in [0.717, 1.165) is 15.6 Å². The Balaban J connectivity index is 1.80. The summed E-state index contributed by atoms with van der Waals surface area (Å²) in [6.07, 6.45) is 0.990. The Kier molecular flexibility index (Phi) is 4.59. The molecule has 0 bridgehead atoms. The number of halogens is 1. The van der Waals surface area contributed by atoms with Gasteiger partial charge in [0.2, 0.25) is 5.88 Å². The van der Waals surface area contributed by atoms with Gasteiger partial charge in [-0.05, 0) is 29.2 Å². The molecule has 27 heavy (non-hydrogen) atoms. The zero-order valence-electron chi connectivity index (χ0n) is 14.5. The van der Waals surface area contributed by atoms with Crippen LogP contribution in [0.5, 0.6) is 0 Å². The summed E-state index contributed by atoms with van der Waals surface area (Å²) in [5, 5.41) is 9.66. The maximum Gasteiger partial charge on any atom is 0.205 e. The van der Waals surface area contributed by atoms with Crippen molar-refractivity contribution in [2.24, 2.45) is 5.73 Å². The van der Waals surface area contributed by atoms with E-state index in [1.165, 1.54) is 0 Å².